The average molecular weight is 503 g/mol. The lowest BCUT2D eigenvalue weighted by Gasteiger charge is -2.20. The third kappa shape index (κ3) is 7.15. The number of tetrazole rings is 1. The molecule has 0 aliphatic rings. The minimum absolute atomic E-state index is 0.107. The molecule has 4 rings (SSSR count). The van der Waals surface area contributed by atoms with Gasteiger partial charge in [-0.3, -0.25) is 0 Å². The quantitative estimate of drug-likeness (QED) is 0.198. The molecule has 7 heteroatoms. The highest BCUT2D eigenvalue weighted by Crippen LogP contribution is 2.37. The van der Waals surface area contributed by atoms with Gasteiger partial charge in [-0.05, 0) is 54.2 Å². The second kappa shape index (κ2) is 12.5. The molecule has 4 aromatic rings. The first-order valence-corrected chi connectivity index (χ1v) is 12.9. The molecule has 1 N–H and O–H groups in total. The Bertz CT molecular complexity index is 1240. The van der Waals surface area contributed by atoms with E-state index < -0.39 is 0 Å². The van der Waals surface area contributed by atoms with Gasteiger partial charge in [-0.1, -0.05) is 81.3 Å². The number of aryl methyl sites for hydroxylation is 1. The summed E-state index contributed by atoms with van der Waals surface area (Å²) in [6.07, 6.45) is 4.86. The molecular weight excluding hydrogens is 467 g/mol. The first-order chi connectivity index (χ1) is 18.0. The molecule has 0 amide bonds. The number of ether oxygens (including phenoxy) is 2. The molecule has 0 aliphatic carbocycles. The second-order valence-corrected chi connectivity index (χ2v) is 9.87. The number of rotatable bonds is 13. The summed E-state index contributed by atoms with van der Waals surface area (Å²) in [7, 11) is 0. The highest BCUT2D eigenvalue weighted by molar-refractivity contribution is 5.73. The van der Waals surface area contributed by atoms with Crippen LogP contribution in [0.5, 0.6) is 11.5 Å². The Morgan fingerprint density at radius 3 is 2.38 bits per heavy atom. The van der Waals surface area contributed by atoms with Crippen LogP contribution in [0.25, 0.3) is 11.1 Å². The van der Waals surface area contributed by atoms with Crippen molar-refractivity contribution in [2.24, 2.45) is 0 Å². The van der Waals surface area contributed by atoms with Gasteiger partial charge >= 0.3 is 0 Å². The van der Waals surface area contributed by atoms with Crippen LogP contribution in [0, 0.1) is 5.82 Å². The van der Waals surface area contributed by atoms with Gasteiger partial charge in [0, 0.05) is 17.0 Å². The summed E-state index contributed by atoms with van der Waals surface area (Å²) in [4.78, 5) is 0. The van der Waals surface area contributed by atoms with E-state index in [-0.39, 0.29) is 11.2 Å². The van der Waals surface area contributed by atoms with Crippen LogP contribution in [0.15, 0.2) is 66.7 Å². The molecule has 0 aliphatic heterocycles. The number of hydrogen-bond donors (Lipinski definition) is 1. The van der Waals surface area contributed by atoms with Gasteiger partial charge in [0.05, 0.1) is 6.61 Å². The number of nitrogens with zero attached hydrogens (tertiary/aromatic N) is 3. The minimum Gasteiger partial charge on any atom is -0.493 e. The molecule has 0 saturated heterocycles. The van der Waals surface area contributed by atoms with Crippen molar-refractivity contribution in [2.45, 2.75) is 64.9 Å². The van der Waals surface area contributed by atoms with E-state index in [0.717, 1.165) is 71.7 Å². The molecule has 1 aromatic heterocycles. The lowest BCUT2D eigenvalue weighted by atomic mass is 9.86. The fourth-order valence-corrected chi connectivity index (χ4v) is 4.31. The summed E-state index contributed by atoms with van der Waals surface area (Å²) in [6.45, 7) is 7.46. The molecule has 0 unspecified atom stereocenters. The topological polar surface area (TPSA) is 72.9 Å². The smallest absolute Gasteiger partial charge is 0.180 e. The Morgan fingerprint density at radius 1 is 0.892 bits per heavy atom. The van der Waals surface area contributed by atoms with Crippen LogP contribution in [0.2, 0.25) is 0 Å². The van der Waals surface area contributed by atoms with E-state index in [1.807, 2.05) is 36.4 Å². The predicted octanol–water partition coefficient (Wildman–Crippen LogP) is 7.06. The van der Waals surface area contributed by atoms with Gasteiger partial charge < -0.3 is 9.47 Å². The minimum atomic E-state index is -0.258. The molecule has 0 saturated carbocycles. The van der Waals surface area contributed by atoms with Crippen molar-refractivity contribution in [3.63, 3.8) is 0 Å². The summed E-state index contributed by atoms with van der Waals surface area (Å²) in [5.74, 6) is 2.06. The Labute approximate surface area is 218 Å². The highest BCUT2D eigenvalue weighted by atomic mass is 19.1. The van der Waals surface area contributed by atoms with E-state index in [4.69, 9.17) is 9.47 Å². The molecule has 0 radical (unpaired) electrons. The van der Waals surface area contributed by atoms with E-state index >= 15 is 0 Å². The number of aromatic amines is 1. The molecule has 1 heterocycles. The third-order valence-corrected chi connectivity index (χ3v) is 6.59. The van der Waals surface area contributed by atoms with Gasteiger partial charge in [-0.15, -0.1) is 10.2 Å². The molecule has 194 valence electrons. The summed E-state index contributed by atoms with van der Waals surface area (Å²) in [5.41, 5.74) is 3.92. The molecule has 0 spiro atoms. The fourth-order valence-electron chi connectivity index (χ4n) is 4.31. The number of H-pyrrole nitrogens is 1. The largest absolute Gasteiger partial charge is 0.493 e. The summed E-state index contributed by atoms with van der Waals surface area (Å²) < 4.78 is 26.1. The Balaban J connectivity index is 1.42. The predicted molar refractivity (Wildman–Crippen MR) is 143 cm³/mol. The van der Waals surface area contributed by atoms with Crippen molar-refractivity contribution in [1.29, 1.82) is 0 Å². The van der Waals surface area contributed by atoms with Crippen molar-refractivity contribution in [3.8, 4) is 22.6 Å². The highest BCUT2D eigenvalue weighted by Gasteiger charge is 2.24. The van der Waals surface area contributed by atoms with Crippen molar-refractivity contribution < 1.29 is 13.9 Å². The number of unbranched alkanes of at least 4 members (excludes halogenated alkanes) is 2. The molecule has 0 fully saturated rings. The Morgan fingerprint density at radius 2 is 1.68 bits per heavy atom. The zero-order valence-corrected chi connectivity index (χ0v) is 21.8. The van der Waals surface area contributed by atoms with E-state index in [1.165, 1.54) is 12.1 Å². The van der Waals surface area contributed by atoms with Gasteiger partial charge in [0.2, 0.25) is 0 Å². The fraction of sp³-hybridized carbons (Fsp3) is 0.367. The lowest BCUT2D eigenvalue weighted by molar-refractivity contribution is 0.287. The number of hydrogen-bond acceptors (Lipinski definition) is 5. The van der Waals surface area contributed by atoms with Crippen LogP contribution in [0.4, 0.5) is 4.39 Å². The monoisotopic (exact) mass is 502 g/mol. The maximum atomic E-state index is 13.6. The van der Waals surface area contributed by atoms with Crippen LogP contribution in [-0.4, -0.2) is 27.2 Å². The van der Waals surface area contributed by atoms with Crippen LogP contribution < -0.4 is 9.47 Å². The zero-order chi connectivity index (χ0) is 26.1. The van der Waals surface area contributed by atoms with Crippen LogP contribution in [0.3, 0.4) is 0 Å². The van der Waals surface area contributed by atoms with Crippen molar-refractivity contribution in [3.05, 3.63) is 89.5 Å². The lowest BCUT2D eigenvalue weighted by Crippen LogP contribution is -2.19. The molecule has 3 aromatic carbocycles. The summed E-state index contributed by atoms with van der Waals surface area (Å²) in [6, 6.07) is 20.7. The van der Waals surface area contributed by atoms with Crippen LogP contribution >= 0.6 is 0 Å². The molecular formula is C30H35FN4O2. The third-order valence-electron chi connectivity index (χ3n) is 6.59. The first-order valence-electron chi connectivity index (χ1n) is 12.9. The van der Waals surface area contributed by atoms with E-state index in [1.54, 1.807) is 12.1 Å². The number of halogens is 1. The van der Waals surface area contributed by atoms with Crippen molar-refractivity contribution in [1.82, 2.24) is 20.6 Å². The van der Waals surface area contributed by atoms with E-state index in [2.05, 4.69) is 47.5 Å². The summed E-state index contributed by atoms with van der Waals surface area (Å²) in [5, 5.41) is 14.5. The van der Waals surface area contributed by atoms with Gasteiger partial charge in [-0.25, -0.2) is 4.39 Å². The number of benzene rings is 3. The van der Waals surface area contributed by atoms with Gasteiger partial charge in [0.1, 0.15) is 23.9 Å². The Kier molecular flexibility index (Phi) is 8.88. The van der Waals surface area contributed by atoms with Crippen LogP contribution in [-0.2, 0) is 18.4 Å². The maximum absolute atomic E-state index is 13.6. The van der Waals surface area contributed by atoms with Crippen molar-refractivity contribution in [2.75, 3.05) is 6.61 Å². The van der Waals surface area contributed by atoms with E-state index in [0.29, 0.717) is 13.2 Å². The number of nitrogens with one attached hydrogen (secondary N) is 1. The van der Waals surface area contributed by atoms with E-state index in [9.17, 15) is 4.39 Å². The SMILES string of the molecule is CCc1cc(-c2ccc(F)cc2)c(OCc2ccccc2)cc1OCCCCCC(C)(C)c1nn[nH]n1. The molecule has 37 heavy (non-hydrogen) atoms. The van der Waals surface area contributed by atoms with Gasteiger partial charge in [0.15, 0.2) is 5.82 Å². The Hall–Kier alpha value is -3.74. The first kappa shape index (κ1) is 26.3. The van der Waals surface area contributed by atoms with Gasteiger partial charge in [0.25, 0.3) is 0 Å². The van der Waals surface area contributed by atoms with Gasteiger partial charge in [-0.2, -0.15) is 5.21 Å². The average Bonchev–Trinajstić information content (AvgIpc) is 3.47. The second-order valence-electron chi connectivity index (χ2n) is 9.87. The van der Waals surface area contributed by atoms with Crippen molar-refractivity contribution >= 4 is 0 Å². The number of aromatic nitrogens is 4. The molecule has 0 atom stereocenters. The standard InChI is InChI=1S/C30H35FN4O2/c1-4-23-19-26(24-13-15-25(31)16-14-24)28(37-21-22-11-7-5-8-12-22)20-27(23)36-18-10-6-9-17-30(2,3)29-32-34-35-33-29/h5,7-8,11-16,19-20H,4,6,9-10,17-18,21H2,1-3H3,(H,32,33,34,35). The van der Waals surface area contributed by atoms with Crippen LogP contribution in [0.1, 0.15) is 63.4 Å². The molecule has 0 bridgehead atoms. The molecule has 6 nitrogen and oxygen atoms in total. The maximum Gasteiger partial charge on any atom is 0.180 e. The normalized spacial score (nSPS) is 11.5. The summed E-state index contributed by atoms with van der Waals surface area (Å²) >= 11 is 0. The zero-order valence-electron chi connectivity index (χ0n) is 21.8.